The number of nitrogens with zero attached hydrogens (tertiary/aromatic N) is 3. The minimum absolute atomic E-state index is 0.288. The van der Waals surface area contributed by atoms with Gasteiger partial charge in [0.05, 0.1) is 6.20 Å². The van der Waals surface area contributed by atoms with Crippen LogP contribution in [-0.2, 0) is 13.1 Å². The summed E-state index contributed by atoms with van der Waals surface area (Å²) in [6.07, 6.45) is 3.61. The molecule has 3 aromatic rings. The fourth-order valence-electron chi connectivity index (χ4n) is 2.94. The molecule has 0 saturated carbocycles. The van der Waals surface area contributed by atoms with Crippen molar-refractivity contribution in [3.63, 3.8) is 0 Å². The lowest BCUT2D eigenvalue weighted by Gasteiger charge is -2.25. The Kier molecular flexibility index (Phi) is 4.79. The van der Waals surface area contributed by atoms with Crippen LogP contribution in [0.15, 0.2) is 54.9 Å². The van der Waals surface area contributed by atoms with Crippen molar-refractivity contribution >= 4 is 5.82 Å². The van der Waals surface area contributed by atoms with Crippen molar-refractivity contribution in [1.82, 2.24) is 20.1 Å². The molecule has 6 nitrogen and oxygen atoms in total. The van der Waals surface area contributed by atoms with Gasteiger partial charge in [0.2, 0.25) is 5.88 Å². The van der Waals surface area contributed by atoms with Crippen molar-refractivity contribution in [1.29, 1.82) is 0 Å². The molecule has 7 heteroatoms. The van der Waals surface area contributed by atoms with Crippen LogP contribution in [-0.4, -0.2) is 27.9 Å². The minimum atomic E-state index is -0.288. The van der Waals surface area contributed by atoms with Gasteiger partial charge in [0.15, 0.2) is 0 Å². The normalized spacial score (nSPS) is 16.0. The molecule has 0 amide bonds. The molecule has 1 aromatic carbocycles. The van der Waals surface area contributed by atoms with E-state index in [0.29, 0.717) is 17.5 Å². The Morgan fingerprint density at radius 3 is 2.88 bits per heavy atom. The second-order valence-electron chi connectivity index (χ2n) is 6.34. The summed E-state index contributed by atoms with van der Waals surface area (Å²) in [5.74, 6) is 2.35. The summed E-state index contributed by atoms with van der Waals surface area (Å²) in [7, 11) is 0. The lowest BCUT2D eigenvalue weighted by Crippen LogP contribution is -2.35. The van der Waals surface area contributed by atoms with E-state index in [1.807, 2.05) is 29.1 Å². The van der Waals surface area contributed by atoms with Crippen LogP contribution in [0.2, 0.25) is 0 Å². The molecule has 1 atom stereocenters. The number of halogens is 1. The first-order valence-corrected chi connectivity index (χ1v) is 8.61. The molecule has 0 saturated heterocycles. The maximum atomic E-state index is 12.9. The molecule has 2 aromatic heterocycles. The highest BCUT2D eigenvalue weighted by molar-refractivity contribution is 5.35. The number of nitrogens with one attached hydrogen (secondary N) is 2. The van der Waals surface area contributed by atoms with Gasteiger partial charge in [0.25, 0.3) is 0 Å². The van der Waals surface area contributed by atoms with Gasteiger partial charge in [-0.2, -0.15) is 5.10 Å². The molecule has 1 aliphatic rings. The monoisotopic (exact) mass is 353 g/mol. The molecular weight excluding hydrogens is 333 g/mol. The molecule has 1 unspecified atom stereocenters. The topological polar surface area (TPSA) is 64.0 Å². The van der Waals surface area contributed by atoms with E-state index in [1.54, 1.807) is 18.3 Å². The maximum absolute atomic E-state index is 12.9. The molecule has 2 N–H and O–H groups in total. The average molecular weight is 353 g/mol. The first kappa shape index (κ1) is 16.5. The lowest BCUT2D eigenvalue weighted by molar-refractivity contribution is 0.391. The van der Waals surface area contributed by atoms with E-state index >= 15 is 0 Å². The third kappa shape index (κ3) is 4.00. The molecule has 0 spiro atoms. The highest BCUT2D eigenvalue weighted by Crippen LogP contribution is 2.20. The SMILES string of the molecule is Fc1ccc(Oc2ccc(CNCC3CNc4ccnn4C3)cn2)cc1. The van der Waals surface area contributed by atoms with Gasteiger partial charge in [0, 0.05) is 50.4 Å². The molecule has 0 fully saturated rings. The number of hydrogen-bond donors (Lipinski definition) is 2. The van der Waals surface area contributed by atoms with Gasteiger partial charge in [0.1, 0.15) is 17.4 Å². The summed E-state index contributed by atoms with van der Waals surface area (Å²) in [5.41, 5.74) is 1.08. The van der Waals surface area contributed by atoms with Crippen molar-refractivity contribution in [3.05, 3.63) is 66.2 Å². The number of aromatic nitrogens is 3. The van der Waals surface area contributed by atoms with Gasteiger partial charge in [-0.15, -0.1) is 0 Å². The number of hydrogen-bond acceptors (Lipinski definition) is 5. The standard InChI is InChI=1S/C19H20FN5O/c20-16-2-4-17(5-3-16)26-19-6-1-14(11-23-19)9-21-10-15-12-22-18-7-8-24-25(18)13-15/h1-8,11,15,21-22H,9-10,12-13H2. The summed E-state index contributed by atoms with van der Waals surface area (Å²) < 4.78 is 20.5. The Morgan fingerprint density at radius 1 is 1.19 bits per heavy atom. The second kappa shape index (κ2) is 7.53. The van der Waals surface area contributed by atoms with E-state index < -0.39 is 0 Å². The van der Waals surface area contributed by atoms with Crippen LogP contribution in [0.3, 0.4) is 0 Å². The third-order valence-corrected chi connectivity index (χ3v) is 4.32. The predicted molar refractivity (Wildman–Crippen MR) is 96.6 cm³/mol. The molecule has 4 rings (SSSR count). The van der Waals surface area contributed by atoms with Gasteiger partial charge < -0.3 is 15.4 Å². The number of fused-ring (bicyclic) bond motifs is 1. The van der Waals surface area contributed by atoms with E-state index in [4.69, 9.17) is 4.74 Å². The van der Waals surface area contributed by atoms with Gasteiger partial charge in [-0.25, -0.2) is 14.1 Å². The van der Waals surface area contributed by atoms with E-state index in [-0.39, 0.29) is 5.82 Å². The summed E-state index contributed by atoms with van der Waals surface area (Å²) in [6, 6.07) is 11.7. The second-order valence-corrected chi connectivity index (χ2v) is 6.34. The van der Waals surface area contributed by atoms with Gasteiger partial charge in [-0.05, 0) is 29.8 Å². The Labute approximate surface area is 151 Å². The van der Waals surface area contributed by atoms with E-state index in [9.17, 15) is 4.39 Å². The van der Waals surface area contributed by atoms with Crippen molar-refractivity contribution < 1.29 is 9.13 Å². The van der Waals surface area contributed by atoms with E-state index in [1.165, 1.54) is 12.1 Å². The zero-order valence-electron chi connectivity index (χ0n) is 14.2. The van der Waals surface area contributed by atoms with Crippen LogP contribution >= 0.6 is 0 Å². The maximum Gasteiger partial charge on any atom is 0.219 e. The highest BCUT2D eigenvalue weighted by atomic mass is 19.1. The van der Waals surface area contributed by atoms with Crippen molar-refractivity contribution in [2.75, 3.05) is 18.4 Å². The van der Waals surface area contributed by atoms with Crippen molar-refractivity contribution in [3.8, 4) is 11.6 Å². The molecule has 134 valence electrons. The molecular formula is C19H20FN5O. The number of rotatable bonds is 6. The Bertz CT molecular complexity index is 847. The molecule has 0 radical (unpaired) electrons. The summed E-state index contributed by atoms with van der Waals surface area (Å²) >= 11 is 0. The summed E-state index contributed by atoms with van der Waals surface area (Å²) in [4.78, 5) is 4.30. The predicted octanol–water partition coefficient (Wildman–Crippen LogP) is 3.04. The summed E-state index contributed by atoms with van der Waals surface area (Å²) in [6.45, 7) is 3.51. The van der Waals surface area contributed by atoms with Gasteiger partial charge >= 0.3 is 0 Å². The zero-order valence-corrected chi connectivity index (χ0v) is 14.2. The molecule has 3 heterocycles. The average Bonchev–Trinajstić information content (AvgIpc) is 3.13. The minimum Gasteiger partial charge on any atom is -0.439 e. The van der Waals surface area contributed by atoms with Crippen molar-refractivity contribution in [2.24, 2.45) is 5.92 Å². The van der Waals surface area contributed by atoms with Gasteiger partial charge in [-0.3, -0.25) is 0 Å². The molecule has 1 aliphatic heterocycles. The van der Waals surface area contributed by atoms with Crippen LogP contribution in [0.1, 0.15) is 5.56 Å². The quantitative estimate of drug-likeness (QED) is 0.713. The largest absolute Gasteiger partial charge is 0.439 e. The number of anilines is 1. The van der Waals surface area contributed by atoms with Crippen LogP contribution in [0, 0.1) is 11.7 Å². The number of benzene rings is 1. The summed E-state index contributed by atoms with van der Waals surface area (Å²) in [5, 5.41) is 11.2. The Morgan fingerprint density at radius 2 is 2.08 bits per heavy atom. The van der Waals surface area contributed by atoms with Gasteiger partial charge in [-0.1, -0.05) is 6.07 Å². The molecule has 26 heavy (non-hydrogen) atoms. The Hall–Kier alpha value is -2.93. The molecule has 0 bridgehead atoms. The number of ether oxygens (including phenoxy) is 1. The third-order valence-electron chi connectivity index (χ3n) is 4.32. The van der Waals surface area contributed by atoms with Crippen LogP contribution in [0.5, 0.6) is 11.6 Å². The fraction of sp³-hybridized carbons (Fsp3) is 0.263. The first-order chi connectivity index (χ1) is 12.8. The van der Waals surface area contributed by atoms with Crippen LogP contribution in [0.25, 0.3) is 0 Å². The van der Waals surface area contributed by atoms with Crippen LogP contribution < -0.4 is 15.4 Å². The highest BCUT2D eigenvalue weighted by Gasteiger charge is 2.17. The Balaban J connectivity index is 1.25. The van der Waals surface area contributed by atoms with Crippen LogP contribution in [0.4, 0.5) is 10.2 Å². The molecule has 0 aliphatic carbocycles. The van der Waals surface area contributed by atoms with Crippen molar-refractivity contribution in [2.45, 2.75) is 13.1 Å². The smallest absolute Gasteiger partial charge is 0.219 e. The number of pyridine rings is 1. The lowest BCUT2D eigenvalue weighted by atomic mass is 10.1. The van der Waals surface area contributed by atoms with E-state index in [0.717, 1.165) is 37.6 Å². The first-order valence-electron chi connectivity index (χ1n) is 8.61. The van der Waals surface area contributed by atoms with E-state index in [2.05, 4.69) is 20.7 Å². The zero-order chi connectivity index (χ0) is 17.8. The fourth-order valence-corrected chi connectivity index (χ4v) is 2.94.